The molecule has 0 bridgehead atoms. The number of nitrogens with one attached hydrogen (secondary N) is 1. The Kier molecular flexibility index (Phi) is 3.98. The van der Waals surface area contributed by atoms with Crippen LogP contribution < -0.4 is 5.56 Å². The molecule has 1 N–H and O–H groups in total. The van der Waals surface area contributed by atoms with Gasteiger partial charge in [-0.3, -0.25) is 9.59 Å². The number of aromatic nitrogens is 2. The van der Waals surface area contributed by atoms with Crippen molar-refractivity contribution < 1.29 is 9.32 Å². The normalized spacial score (nSPS) is 19.9. The monoisotopic (exact) mass is 341 g/mol. The zero-order valence-electron chi connectivity index (χ0n) is 14.7. The molecule has 2 aromatic rings. The zero-order valence-corrected chi connectivity index (χ0v) is 14.7. The summed E-state index contributed by atoms with van der Waals surface area (Å²) in [5, 5.41) is 4.02. The van der Waals surface area contributed by atoms with Crippen LogP contribution in [0.2, 0.25) is 0 Å². The van der Waals surface area contributed by atoms with Crippen molar-refractivity contribution >= 4 is 5.91 Å². The Labute approximate surface area is 146 Å². The molecule has 1 aliphatic carbocycles. The lowest BCUT2D eigenvalue weighted by Crippen LogP contribution is -2.35. The maximum atomic E-state index is 13.1. The fourth-order valence-electron chi connectivity index (χ4n) is 4.26. The van der Waals surface area contributed by atoms with Crippen LogP contribution >= 0.6 is 0 Å². The van der Waals surface area contributed by atoms with Gasteiger partial charge in [0.15, 0.2) is 0 Å². The molecule has 0 saturated carbocycles. The molecule has 0 spiro atoms. The van der Waals surface area contributed by atoms with Gasteiger partial charge in [-0.25, -0.2) is 0 Å². The van der Waals surface area contributed by atoms with Crippen LogP contribution in [-0.4, -0.2) is 27.5 Å². The number of pyridine rings is 1. The first kappa shape index (κ1) is 16.1. The number of likely N-dealkylation sites (tertiary alicyclic amines) is 1. The molecular formula is C19H23N3O3. The first-order valence-electron chi connectivity index (χ1n) is 9.05. The molecule has 25 heavy (non-hydrogen) atoms. The third-order valence-corrected chi connectivity index (χ3v) is 5.50. The number of rotatable bonds is 2. The van der Waals surface area contributed by atoms with E-state index >= 15 is 0 Å². The first-order valence-corrected chi connectivity index (χ1v) is 9.05. The second kappa shape index (κ2) is 6.17. The van der Waals surface area contributed by atoms with Crippen LogP contribution in [0.3, 0.4) is 0 Å². The maximum Gasteiger partial charge on any atom is 0.261 e. The van der Waals surface area contributed by atoms with Crippen molar-refractivity contribution in [3.05, 3.63) is 50.3 Å². The molecule has 0 unspecified atom stereocenters. The summed E-state index contributed by atoms with van der Waals surface area (Å²) >= 11 is 0. The molecule has 1 fully saturated rings. The van der Waals surface area contributed by atoms with Crippen LogP contribution in [0, 0.1) is 13.8 Å². The van der Waals surface area contributed by atoms with Gasteiger partial charge in [0.1, 0.15) is 11.3 Å². The van der Waals surface area contributed by atoms with E-state index in [-0.39, 0.29) is 23.1 Å². The molecule has 1 saturated heterocycles. The number of aromatic amines is 1. The molecule has 4 rings (SSSR count). The number of H-pyrrole nitrogens is 1. The van der Waals surface area contributed by atoms with Gasteiger partial charge < -0.3 is 14.4 Å². The van der Waals surface area contributed by atoms with E-state index in [1.807, 2.05) is 24.8 Å². The predicted molar refractivity (Wildman–Crippen MR) is 92.7 cm³/mol. The molecule has 3 heterocycles. The summed E-state index contributed by atoms with van der Waals surface area (Å²) in [5.74, 6) is 0.568. The van der Waals surface area contributed by atoms with E-state index in [0.29, 0.717) is 6.54 Å². The average Bonchev–Trinajstić information content (AvgIpc) is 3.20. The quantitative estimate of drug-likeness (QED) is 0.911. The summed E-state index contributed by atoms with van der Waals surface area (Å²) in [6, 6.07) is 1.76. The second-order valence-electron chi connectivity index (χ2n) is 7.12. The Bertz CT molecular complexity index is 861. The summed E-state index contributed by atoms with van der Waals surface area (Å²) in [7, 11) is 0. The van der Waals surface area contributed by atoms with Crippen molar-refractivity contribution in [1.82, 2.24) is 15.0 Å². The zero-order chi connectivity index (χ0) is 17.6. The van der Waals surface area contributed by atoms with Crippen molar-refractivity contribution in [2.24, 2.45) is 0 Å². The molecule has 6 heteroatoms. The third-order valence-electron chi connectivity index (χ3n) is 5.50. The Hall–Kier alpha value is -2.37. The Morgan fingerprint density at radius 3 is 2.84 bits per heavy atom. The summed E-state index contributed by atoms with van der Waals surface area (Å²) in [6.45, 7) is 4.44. The van der Waals surface area contributed by atoms with Crippen molar-refractivity contribution in [2.45, 2.75) is 58.4 Å². The van der Waals surface area contributed by atoms with Crippen molar-refractivity contribution in [2.75, 3.05) is 6.54 Å². The van der Waals surface area contributed by atoms with Crippen LogP contribution in [0.1, 0.15) is 70.4 Å². The standard InChI is InChI=1S/C19H23N3O3/c1-11-17(12(2)25-21-11)16-8-5-9-22(16)19(24)14-10-13-6-3-4-7-15(13)20-18(14)23/h10,16H,3-9H2,1-2H3,(H,20,23)/t16-/m1/s1. The van der Waals surface area contributed by atoms with Gasteiger partial charge in [-0.05, 0) is 64.0 Å². The highest BCUT2D eigenvalue weighted by molar-refractivity contribution is 5.94. The van der Waals surface area contributed by atoms with Crippen molar-refractivity contribution in [1.29, 1.82) is 0 Å². The van der Waals surface area contributed by atoms with Crippen LogP contribution in [0.25, 0.3) is 0 Å². The van der Waals surface area contributed by atoms with E-state index in [4.69, 9.17) is 4.52 Å². The predicted octanol–water partition coefficient (Wildman–Crippen LogP) is 2.84. The molecule has 132 valence electrons. The number of carbonyl (C=O) groups is 1. The topological polar surface area (TPSA) is 79.2 Å². The lowest BCUT2D eigenvalue weighted by molar-refractivity contribution is 0.0732. The van der Waals surface area contributed by atoms with Crippen LogP contribution in [-0.2, 0) is 12.8 Å². The Morgan fingerprint density at radius 1 is 1.28 bits per heavy atom. The first-order chi connectivity index (χ1) is 12.1. The lowest BCUT2D eigenvalue weighted by atomic mass is 9.94. The molecule has 1 amide bonds. The highest BCUT2D eigenvalue weighted by atomic mass is 16.5. The number of aryl methyl sites for hydroxylation is 4. The summed E-state index contributed by atoms with van der Waals surface area (Å²) < 4.78 is 5.28. The van der Waals surface area contributed by atoms with Gasteiger partial charge in [0.25, 0.3) is 11.5 Å². The molecular weight excluding hydrogens is 318 g/mol. The van der Waals surface area contributed by atoms with Crippen LogP contribution in [0.4, 0.5) is 0 Å². The fourth-order valence-corrected chi connectivity index (χ4v) is 4.26. The molecule has 0 aromatic carbocycles. The van der Waals surface area contributed by atoms with E-state index in [1.54, 1.807) is 0 Å². The van der Waals surface area contributed by atoms with Crippen molar-refractivity contribution in [3.8, 4) is 0 Å². The van der Waals surface area contributed by atoms with Gasteiger partial charge in [0.2, 0.25) is 0 Å². The number of nitrogens with zero attached hydrogens (tertiary/aromatic N) is 2. The van der Waals surface area contributed by atoms with Gasteiger partial charge in [0, 0.05) is 17.8 Å². The Balaban J connectivity index is 1.70. The van der Waals surface area contributed by atoms with Crippen LogP contribution in [0.15, 0.2) is 15.4 Å². The van der Waals surface area contributed by atoms with E-state index in [1.165, 1.54) is 0 Å². The van der Waals surface area contributed by atoms with E-state index < -0.39 is 0 Å². The van der Waals surface area contributed by atoms with Gasteiger partial charge >= 0.3 is 0 Å². The third kappa shape index (κ3) is 2.69. The fraction of sp³-hybridized carbons (Fsp3) is 0.526. The minimum absolute atomic E-state index is 0.0609. The summed E-state index contributed by atoms with van der Waals surface area (Å²) in [6.07, 6.45) is 5.82. The molecule has 1 atom stereocenters. The summed E-state index contributed by atoms with van der Waals surface area (Å²) in [4.78, 5) is 30.4. The minimum Gasteiger partial charge on any atom is -0.361 e. The smallest absolute Gasteiger partial charge is 0.261 e. The van der Waals surface area contributed by atoms with Gasteiger partial charge in [-0.2, -0.15) is 0 Å². The number of fused-ring (bicyclic) bond motifs is 1. The van der Waals surface area contributed by atoms with Gasteiger partial charge in [-0.15, -0.1) is 0 Å². The lowest BCUT2D eigenvalue weighted by Gasteiger charge is -2.25. The second-order valence-corrected chi connectivity index (χ2v) is 7.12. The van der Waals surface area contributed by atoms with Crippen LogP contribution in [0.5, 0.6) is 0 Å². The molecule has 1 aliphatic heterocycles. The molecule has 6 nitrogen and oxygen atoms in total. The number of amides is 1. The highest BCUT2D eigenvalue weighted by Gasteiger charge is 2.35. The number of carbonyl (C=O) groups excluding carboxylic acids is 1. The van der Waals surface area contributed by atoms with Gasteiger partial charge in [0.05, 0.1) is 11.7 Å². The SMILES string of the molecule is Cc1noc(C)c1[C@H]1CCCN1C(=O)c1cc2c([nH]c1=O)CCCC2. The van der Waals surface area contributed by atoms with Gasteiger partial charge in [-0.1, -0.05) is 5.16 Å². The van der Waals surface area contributed by atoms with Crippen molar-refractivity contribution in [3.63, 3.8) is 0 Å². The Morgan fingerprint density at radius 2 is 2.08 bits per heavy atom. The molecule has 0 radical (unpaired) electrons. The molecule has 2 aromatic heterocycles. The number of hydrogen-bond acceptors (Lipinski definition) is 4. The molecule has 2 aliphatic rings. The largest absolute Gasteiger partial charge is 0.361 e. The maximum absolute atomic E-state index is 13.1. The van der Waals surface area contributed by atoms with E-state index in [2.05, 4.69) is 10.1 Å². The average molecular weight is 341 g/mol. The minimum atomic E-state index is -0.268. The summed E-state index contributed by atoms with van der Waals surface area (Å²) in [5.41, 5.74) is 3.91. The van der Waals surface area contributed by atoms with E-state index in [9.17, 15) is 9.59 Å². The van der Waals surface area contributed by atoms with E-state index in [0.717, 1.165) is 66.8 Å². The number of hydrogen-bond donors (Lipinski definition) is 1. The highest BCUT2D eigenvalue weighted by Crippen LogP contribution is 2.36.